The third kappa shape index (κ3) is 3.30. The largest absolute Gasteiger partial charge is 0.493 e. The van der Waals surface area contributed by atoms with E-state index in [0.29, 0.717) is 13.2 Å². The lowest BCUT2D eigenvalue weighted by molar-refractivity contribution is 0.197. The van der Waals surface area contributed by atoms with Crippen LogP contribution in [0.25, 0.3) is 11.1 Å². The molecule has 0 radical (unpaired) electrons. The van der Waals surface area contributed by atoms with Gasteiger partial charge in [-0.1, -0.05) is 26.8 Å². The van der Waals surface area contributed by atoms with Gasteiger partial charge in [0.05, 0.1) is 12.8 Å². The lowest BCUT2D eigenvalue weighted by Gasteiger charge is -2.34. The van der Waals surface area contributed by atoms with Crippen molar-refractivity contribution < 1.29 is 14.2 Å². The fourth-order valence-corrected chi connectivity index (χ4v) is 4.03. The van der Waals surface area contributed by atoms with E-state index in [4.69, 9.17) is 24.9 Å². The molecular formula is C24H26N4O3. The number of ether oxygens (including phenoxy) is 3. The van der Waals surface area contributed by atoms with Gasteiger partial charge in [-0.05, 0) is 48.2 Å². The summed E-state index contributed by atoms with van der Waals surface area (Å²) in [5.74, 6) is 2.23. The zero-order valence-electron chi connectivity index (χ0n) is 18.2. The molecule has 0 bridgehead atoms. The first kappa shape index (κ1) is 19.5. The fourth-order valence-electron chi connectivity index (χ4n) is 4.03. The summed E-state index contributed by atoms with van der Waals surface area (Å²) in [6.07, 6.45) is 1.82. The first-order valence-electron chi connectivity index (χ1n) is 10.3. The van der Waals surface area contributed by atoms with Gasteiger partial charge in [-0.2, -0.15) is 5.10 Å². The molecule has 2 aromatic carbocycles. The van der Waals surface area contributed by atoms with Crippen LogP contribution < -0.4 is 15.2 Å². The van der Waals surface area contributed by atoms with E-state index < -0.39 is 5.54 Å². The van der Waals surface area contributed by atoms with Gasteiger partial charge in [-0.3, -0.25) is 5.10 Å². The maximum atomic E-state index is 6.26. The summed E-state index contributed by atoms with van der Waals surface area (Å²) in [6, 6.07) is 12.1. The zero-order chi connectivity index (χ0) is 21.8. The number of aryl methyl sites for hydroxylation is 1. The number of fused-ring (bicyclic) bond motifs is 4. The Hall–Kier alpha value is -3.48. The molecule has 2 aliphatic rings. The van der Waals surface area contributed by atoms with E-state index in [1.54, 1.807) is 0 Å². The zero-order valence-corrected chi connectivity index (χ0v) is 18.2. The minimum absolute atomic E-state index is 0.0487. The second-order valence-electron chi connectivity index (χ2n) is 9.33. The molecule has 7 heteroatoms. The molecule has 0 saturated carbocycles. The number of hydrogen-bond donors (Lipinski definition) is 2. The number of hydrogen-bond acceptors (Lipinski definition) is 6. The number of amidine groups is 1. The SMILES string of the molecule is Cc1[nH]ncc1-c1ccc2c(c1)C1(COC(N)=N1)c1cc(OCC(C)(C)C)ccc1O2. The predicted octanol–water partition coefficient (Wildman–Crippen LogP) is 4.50. The Labute approximate surface area is 181 Å². The molecule has 0 aliphatic carbocycles. The van der Waals surface area contributed by atoms with Gasteiger partial charge in [-0.15, -0.1) is 0 Å². The summed E-state index contributed by atoms with van der Waals surface area (Å²) in [5.41, 5.74) is 10.1. The minimum Gasteiger partial charge on any atom is -0.493 e. The third-order valence-corrected chi connectivity index (χ3v) is 5.58. The van der Waals surface area contributed by atoms with Crippen molar-refractivity contribution in [1.82, 2.24) is 10.2 Å². The standard InChI is InChI=1S/C24H26N4O3/c1-14-17(11-26-28-14)15-5-7-20-18(9-15)24(13-30-22(25)27-24)19-10-16(6-8-21(19)31-20)29-12-23(2,3)4/h5-11H,12-13H2,1-4H3,(H2,25,27)(H,26,28). The lowest BCUT2D eigenvalue weighted by atomic mass is 9.80. The van der Waals surface area contributed by atoms with Crippen molar-refractivity contribution in [2.75, 3.05) is 13.2 Å². The second kappa shape index (κ2) is 6.77. The van der Waals surface area contributed by atoms with Crippen molar-refractivity contribution in [3.63, 3.8) is 0 Å². The Morgan fingerprint density at radius 3 is 2.52 bits per heavy atom. The monoisotopic (exact) mass is 418 g/mol. The van der Waals surface area contributed by atoms with Gasteiger partial charge in [0.15, 0.2) is 5.54 Å². The second-order valence-corrected chi connectivity index (χ2v) is 9.33. The first-order valence-corrected chi connectivity index (χ1v) is 10.3. The van der Waals surface area contributed by atoms with E-state index >= 15 is 0 Å². The fraction of sp³-hybridized carbons (Fsp3) is 0.333. The van der Waals surface area contributed by atoms with E-state index in [2.05, 4.69) is 37.0 Å². The summed E-state index contributed by atoms with van der Waals surface area (Å²) < 4.78 is 18.0. The molecule has 1 unspecified atom stereocenters. The van der Waals surface area contributed by atoms with Crippen LogP contribution in [0.5, 0.6) is 17.2 Å². The molecule has 3 aromatic rings. The highest BCUT2D eigenvalue weighted by Gasteiger charge is 2.47. The molecule has 0 amide bonds. The van der Waals surface area contributed by atoms with Crippen LogP contribution >= 0.6 is 0 Å². The number of aromatic amines is 1. The molecule has 2 aliphatic heterocycles. The molecule has 3 N–H and O–H groups in total. The summed E-state index contributed by atoms with van der Waals surface area (Å²) in [4.78, 5) is 4.77. The molecule has 1 aromatic heterocycles. The number of rotatable bonds is 3. The smallest absolute Gasteiger partial charge is 0.283 e. The quantitative estimate of drug-likeness (QED) is 0.653. The average Bonchev–Trinajstić information content (AvgIpc) is 3.33. The van der Waals surface area contributed by atoms with Crippen molar-refractivity contribution >= 4 is 6.02 Å². The van der Waals surface area contributed by atoms with Crippen molar-refractivity contribution in [2.24, 2.45) is 16.1 Å². The van der Waals surface area contributed by atoms with Crippen molar-refractivity contribution in [2.45, 2.75) is 33.2 Å². The Morgan fingerprint density at radius 2 is 1.87 bits per heavy atom. The number of nitrogens with zero attached hydrogens (tertiary/aromatic N) is 2. The van der Waals surface area contributed by atoms with Gasteiger partial charge in [0.1, 0.15) is 23.9 Å². The van der Waals surface area contributed by atoms with Crippen LogP contribution in [-0.4, -0.2) is 29.4 Å². The average molecular weight is 418 g/mol. The molecule has 1 spiro atoms. The van der Waals surface area contributed by atoms with E-state index in [-0.39, 0.29) is 11.4 Å². The molecule has 5 rings (SSSR count). The minimum atomic E-state index is -0.790. The summed E-state index contributed by atoms with van der Waals surface area (Å²) in [6.45, 7) is 9.32. The number of H-pyrrole nitrogens is 1. The van der Waals surface area contributed by atoms with Crippen LogP contribution in [0.3, 0.4) is 0 Å². The predicted molar refractivity (Wildman–Crippen MR) is 119 cm³/mol. The van der Waals surface area contributed by atoms with Gasteiger partial charge in [-0.25, -0.2) is 4.99 Å². The first-order chi connectivity index (χ1) is 14.7. The van der Waals surface area contributed by atoms with Crippen LogP contribution in [-0.2, 0) is 10.3 Å². The van der Waals surface area contributed by atoms with Crippen LogP contribution in [0.4, 0.5) is 0 Å². The van der Waals surface area contributed by atoms with Crippen LogP contribution in [0.1, 0.15) is 37.6 Å². The van der Waals surface area contributed by atoms with Crippen molar-refractivity contribution in [3.8, 4) is 28.4 Å². The highest BCUT2D eigenvalue weighted by Crippen LogP contribution is 2.52. The van der Waals surface area contributed by atoms with Gasteiger partial charge >= 0.3 is 0 Å². The topological polar surface area (TPSA) is 94.8 Å². The molecule has 3 heterocycles. The van der Waals surface area contributed by atoms with E-state index in [9.17, 15) is 0 Å². The van der Waals surface area contributed by atoms with E-state index in [1.165, 1.54) is 0 Å². The molecule has 31 heavy (non-hydrogen) atoms. The molecule has 160 valence electrons. The van der Waals surface area contributed by atoms with Gasteiger partial charge in [0.2, 0.25) is 0 Å². The lowest BCUT2D eigenvalue weighted by Crippen LogP contribution is -2.31. The van der Waals surface area contributed by atoms with E-state index in [0.717, 1.165) is 45.2 Å². The normalized spacial score (nSPS) is 19.3. The Kier molecular flexibility index (Phi) is 4.25. The number of aromatic nitrogens is 2. The molecule has 7 nitrogen and oxygen atoms in total. The third-order valence-electron chi connectivity index (χ3n) is 5.58. The van der Waals surface area contributed by atoms with Crippen molar-refractivity contribution in [1.29, 1.82) is 0 Å². The highest BCUT2D eigenvalue weighted by atomic mass is 16.5. The summed E-state index contributed by atoms with van der Waals surface area (Å²) in [7, 11) is 0. The van der Waals surface area contributed by atoms with E-state index in [1.807, 2.05) is 43.5 Å². The summed E-state index contributed by atoms with van der Waals surface area (Å²) >= 11 is 0. The Bertz CT molecular complexity index is 1190. The maximum Gasteiger partial charge on any atom is 0.283 e. The number of aliphatic imine (C=N–C) groups is 1. The van der Waals surface area contributed by atoms with Crippen LogP contribution in [0, 0.1) is 12.3 Å². The van der Waals surface area contributed by atoms with Crippen molar-refractivity contribution in [3.05, 3.63) is 59.4 Å². The molecule has 0 fully saturated rings. The highest BCUT2D eigenvalue weighted by molar-refractivity contribution is 5.78. The van der Waals surface area contributed by atoms with Crippen LogP contribution in [0.15, 0.2) is 47.6 Å². The molecule has 0 saturated heterocycles. The number of nitrogens with one attached hydrogen (secondary N) is 1. The van der Waals surface area contributed by atoms with Crippen LogP contribution in [0.2, 0.25) is 0 Å². The molecular weight excluding hydrogens is 392 g/mol. The van der Waals surface area contributed by atoms with Gasteiger partial charge < -0.3 is 19.9 Å². The maximum absolute atomic E-state index is 6.26. The number of nitrogens with two attached hydrogens (primary N) is 1. The van der Waals surface area contributed by atoms with Gasteiger partial charge in [0.25, 0.3) is 6.02 Å². The Morgan fingerprint density at radius 1 is 1.13 bits per heavy atom. The summed E-state index contributed by atoms with van der Waals surface area (Å²) in [5, 5.41) is 7.15. The van der Waals surface area contributed by atoms with Gasteiger partial charge in [0, 0.05) is 22.4 Å². The number of benzene rings is 2. The Balaban J connectivity index is 1.64. The molecule has 1 atom stereocenters.